The van der Waals surface area contributed by atoms with E-state index in [0.29, 0.717) is 5.75 Å². The van der Waals surface area contributed by atoms with Crippen LogP contribution in [0, 0.1) is 6.92 Å². The molecule has 28 heavy (non-hydrogen) atoms. The summed E-state index contributed by atoms with van der Waals surface area (Å²) in [6.45, 7) is 1.96. The Morgan fingerprint density at radius 1 is 1.14 bits per heavy atom. The zero-order valence-electron chi connectivity index (χ0n) is 15.3. The van der Waals surface area contributed by atoms with Crippen molar-refractivity contribution in [2.75, 3.05) is 12.4 Å². The van der Waals surface area contributed by atoms with Gasteiger partial charge in [0, 0.05) is 5.69 Å². The Kier molecular flexibility index (Phi) is 8.19. The van der Waals surface area contributed by atoms with E-state index in [4.69, 9.17) is 51.8 Å². The zero-order chi connectivity index (χ0) is 20.7. The number of hydrogen-bond donors (Lipinski definition) is 3. The minimum absolute atomic E-state index is 0.112. The average molecular weight is 461 g/mol. The molecule has 1 atom stereocenters. The average Bonchev–Trinajstić information content (AvgIpc) is 2.61. The molecule has 1 amide bonds. The smallest absolute Gasteiger partial charge is 0.228 e. The molecule has 0 heterocycles. The largest absolute Gasteiger partial charge is 0.497 e. The second-order valence-corrected chi connectivity index (χ2v) is 8.81. The van der Waals surface area contributed by atoms with Crippen molar-refractivity contribution in [3.05, 3.63) is 59.7 Å². The maximum absolute atomic E-state index is 12.4. The maximum atomic E-state index is 12.4. The summed E-state index contributed by atoms with van der Waals surface area (Å²) in [5.41, 5.74) is 2.64. The van der Waals surface area contributed by atoms with E-state index >= 15 is 0 Å². The summed E-state index contributed by atoms with van der Waals surface area (Å²) in [5, 5.41) is 8.70. The Morgan fingerprint density at radius 2 is 1.82 bits per heavy atom. The lowest BCUT2D eigenvalue weighted by Gasteiger charge is -2.28. The number of benzene rings is 2. The predicted molar refractivity (Wildman–Crippen MR) is 119 cm³/mol. The standard InChI is InChI=1S/C19H20Cl3N3O2S/c1-12-4-3-5-14(10-12)23-18(28)25-17(19(20,21)22)24-16(26)11-13-6-8-15(27-2)9-7-13/h3-10,17H,11H2,1-2H3,(H,24,26)(H2,23,25,28). The van der Waals surface area contributed by atoms with Crippen LogP contribution in [0.2, 0.25) is 0 Å². The Morgan fingerprint density at radius 3 is 2.39 bits per heavy atom. The second kappa shape index (κ2) is 10.2. The first-order valence-corrected chi connectivity index (χ1v) is 9.85. The van der Waals surface area contributed by atoms with Crippen LogP contribution in [-0.2, 0) is 11.2 Å². The summed E-state index contributed by atoms with van der Waals surface area (Å²) in [4.78, 5) is 12.4. The molecular weight excluding hydrogens is 441 g/mol. The number of carbonyl (C=O) groups is 1. The van der Waals surface area contributed by atoms with Gasteiger partial charge < -0.3 is 20.7 Å². The fourth-order valence-corrected chi connectivity index (χ4v) is 2.92. The molecule has 0 aromatic heterocycles. The Labute approximate surface area is 184 Å². The maximum Gasteiger partial charge on any atom is 0.228 e. The summed E-state index contributed by atoms with van der Waals surface area (Å²) in [5.74, 6) is 0.380. The van der Waals surface area contributed by atoms with Crippen LogP contribution in [0.4, 0.5) is 5.69 Å². The van der Waals surface area contributed by atoms with Crippen LogP contribution in [0.15, 0.2) is 48.5 Å². The van der Waals surface area contributed by atoms with Gasteiger partial charge in [-0.3, -0.25) is 4.79 Å². The molecule has 2 aromatic carbocycles. The van der Waals surface area contributed by atoms with E-state index in [0.717, 1.165) is 16.8 Å². The lowest BCUT2D eigenvalue weighted by molar-refractivity contribution is -0.121. The number of methoxy groups -OCH3 is 1. The van der Waals surface area contributed by atoms with Gasteiger partial charge >= 0.3 is 0 Å². The number of alkyl halides is 3. The number of halogens is 3. The van der Waals surface area contributed by atoms with Crippen molar-refractivity contribution in [2.45, 2.75) is 23.3 Å². The number of rotatable bonds is 6. The highest BCUT2D eigenvalue weighted by molar-refractivity contribution is 7.80. The molecule has 0 saturated heterocycles. The molecule has 1 unspecified atom stereocenters. The van der Waals surface area contributed by atoms with Gasteiger partial charge in [0.25, 0.3) is 0 Å². The lowest BCUT2D eigenvalue weighted by Crippen LogP contribution is -2.56. The van der Waals surface area contributed by atoms with Gasteiger partial charge in [-0.15, -0.1) is 0 Å². The predicted octanol–water partition coefficient (Wildman–Crippen LogP) is 4.35. The first-order valence-electron chi connectivity index (χ1n) is 8.30. The monoisotopic (exact) mass is 459 g/mol. The van der Waals surface area contributed by atoms with E-state index in [-0.39, 0.29) is 17.4 Å². The minimum Gasteiger partial charge on any atom is -0.497 e. The van der Waals surface area contributed by atoms with Crippen LogP contribution >= 0.6 is 47.0 Å². The highest BCUT2D eigenvalue weighted by Crippen LogP contribution is 2.29. The number of thiocarbonyl (C=S) groups is 1. The molecule has 2 aromatic rings. The normalized spacial score (nSPS) is 12.0. The summed E-state index contributed by atoms with van der Waals surface area (Å²) in [7, 11) is 1.58. The zero-order valence-corrected chi connectivity index (χ0v) is 18.3. The Bertz CT molecular complexity index is 826. The molecular formula is C19H20Cl3N3O2S. The minimum atomic E-state index is -1.81. The van der Waals surface area contributed by atoms with E-state index < -0.39 is 9.96 Å². The number of nitrogens with one attached hydrogen (secondary N) is 3. The van der Waals surface area contributed by atoms with Gasteiger partial charge in [-0.05, 0) is 54.5 Å². The molecule has 0 spiro atoms. The molecule has 9 heteroatoms. The SMILES string of the molecule is COc1ccc(CC(=O)NC(NC(=S)Nc2cccc(C)c2)C(Cl)(Cl)Cl)cc1. The van der Waals surface area contributed by atoms with E-state index in [1.165, 1.54) is 0 Å². The Hall–Kier alpha value is -1.73. The highest BCUT2D eigenvalue weighted by atomic mass is 35.6. The van der Waals surface area contributed by atoms with Crippen molar-refractivity contribution in [1.82, 2.24) is 10.6 Å². The van der Waals surface area contributed by atoms with Crippen LogP contribution in [0.3, 0.4) is 0 Å². The number of hydrogen-bond acceptors (Lipinski definition) is 3. The van der Waals surface area contributed by atoms with Crippen LogP contribution in [-0.4, -0.2) is 28.1 Å². The van der Waals surface area contributed by atoms with E-state index in [1.807, 2.05) is 31.2 Å². The van der Waals surface area contributed by atoms with Gasteiger partial charge in [-0.1, -0.05) is 59.1 Å². The van der Waals surface area contributed by atoms with Crippen LogP contribution < -0.4 is 20.7 Å². The fraction of sp³-hybridized carbons (Fsp3) is 0.263. The first kappa shape index (κ1) is 22.6. The van der Waals surface area contributed by atoms with Crippen LogP contribution in [0.25, 0.3) is 0 Å². The lowest BCUT2D eigenvalue weighted by atomic mass is 10.1. The fourth-order valence-electron chi connectivity index (χ4n) is 2.36. The van der Waals surface area contributed by atoms with Crippen LogP contribution in [0.5, 0.6) is 5.75 Å². The third kappa shape index (κ3) is 7.36. The molecule has 3 N–H and O–H groups in total. The van der Waals surface area contributed by atoms with Gasteiger partial charge in [0.15, 0.2) is 5.11 Å². The summed E-state index contributed by atoms with van der Waals surface area (Å²) in [6, 6.07) is 14.8. The highest BCUT2D eigenvalue weighted by Gasteiger charge is 2.34. The third-order valence-corrected chi connectivity index (χ3v) is 4.58. The molecule has 2 rings (SSSR count). The van der Waals surface area contributed by atoms with Gasteiger partial charge in [0.05, 0.1) is 13.5 Å². The van der Waals surface area contributed by atoms with Crippen molar-refractivity contribution in [3.8, 4) is 5.75 Å². The van der Waals surface area contributed by atoms with Crippen molar-refractivity contribution >= 4 is 63.7 Å². The number of anilines is 1. The third-order valence-electron chi connectivity index (χ3n) is 3.71. The molecule has 0 fully saturated rings. The molecule has 150 valence electrons. The molecule has 0 radical (unpaired) electrons. The van der Waals surface area contributed by atoms with Gasteiger partial charge in [0.2, 0.25) is 9.70 Å². The molecule has 0 saturated carbocycles. The number of amides is 1. The summed E-state index contributed by atoms with van der Waals surface area (Å²) >= 11 is 23.3. The van der Waals surface area contributed by atoms with E-state index in [1.54, 1.807) is 31.4 Å². The van der Waals surface area contributed by atoms with Crippen molar-refractivity contribution in [1.29, 1.82) is 0 Å². The number of ether oxygens (including phenoxy) is 1. The van der Waals surface area contributed by atoms with E-state index in [2.05, 4.69) is 16.0 Å². The molecule has 0 aliphatic carbocycles. The first-order chi connectivity index (χ1) is 13.2. The second-order valence-electron chi connectivity index (χ2n) is 6.03. The molecule has 0 aliphatic rings. The van der Waals surface area contributed by atoms with E-state index in [9.17, 15) is 4.79 Å². The van der Waals surface area contributed by atoms with Gasteiger partial charge in [-0.2, -0.15) is 0 Å². The van der Waals surface area contributed by atoms with Crippen molar-refractivity contribution in [2.24, 2.45) is 0 Å². The van der Waals surface area contributed by atoms with Crippen molar-refractivity contribution in [3.63, 3.8) is 0 Å². The quantitative estimate of drug-likeness (QED) is 0.340. The number of carbonyl (C=O) groups excluding carboxylic acids is 1. The Balaban J connectivity index is 1.98. The molecule has 0 bridgehead atoms. The van der Waals surface area contributed by atoms with Gasteiger partial charge in [0.1, 0.15) is 11.9 Å². The van der Waals surface area contributed by atoms with Crippen LogP contribution in [0.1, 0.15) is 11.1 Å². The summed E-state index contributed by atoms with van der Waals surface area (Å²) < 4.78 is 3.29. The molecule has 0 aliphatic heterocycles. The summed E-state index contributed by atoms with van der Waals surface area (Å²) in [6.07, 6.45) is -0.908. The number of aryl methyl sites for hydroxylation is 1. The topological polar surface area (TPSA) is 62.4 Å². The van der Waals surface area contributed by atoms with Crippen molar-refractivity contribution < 1.29 is 9.53 Å². The van der Waals surface area contributed by atoms with Gasteiger partial charge in [-0.25, -0.2) is 0 Å². The molecule has 5 nitrogen and oxygen atoms in total.